The van der Waals surface area contributed by atoms with Gasteiger partial charge in [-0.05, 0) is 31.9 Å². The molecule has 2 N–H and O–H groups in total. The molecule has 15 heavy (non-hydrogen) atoms. The fraction of sp³-hybridized carbons (Fsp3) is 0.615. The van der Waals surface area contributed by atoms with E-state index in [-0.39, 0.29) is 5.54 Å². The van der Waals surface area contributed by atoms with Crippen LogP contribution in [0.5, 0.6) is 0 Å². The quantitative estimate of drug-likeness (QED) is 0.822. The Morgan fingerprint density at radius 1 is 1.40 bits per heavy atom. The summed E-state index contributed by atoms with van der Waals surface area (Å²) in [6.07, 6.45) is 2.97. The van der Waals surface area contributed by atoms with E-state index >= 15 is 0 Å². The van der Waals surface area contributed by atoms with Gasteiger partial charge in [-0.3, -0.25) is 4.98 Å². The molecule has 0 spiro atoms. The molecular weight excluding hydrogens is 184 g/mol. The van der Waals surface area contributed by atoms with Gasteiger partial charge >= 0.3 is 0 Å². The highest BCUT2D eigenvalue weighted by molar-refractivity contribution is 5.15. The largest absolute Gasteiger partial charge is 0.325 e. The summed E-state index contributed by atoms with van der Waals surface area (Å²) < 4.78 is 0. The van der Waals surface area contributed by atoms with Crippen LogP contribution in [0.2, 0.25) is 0 Å². The zero-order valence-corrected chi connectivity index (χ0v) is 10.2. The number of pyridine rings is 1. The van der Waals surface area contributed by atoms with E-state index in [2.05, 4.69) is 38.7 Å². The predicted octanol–water partition coefficient (Wildman–Crippen LogP) is 2.95. The Morgan fingerprint density at radius 3 is 2.47 bits per heavy atom. The third-order valence-electron chi connectivity index (χ3n) is 3.02. The molecular formula is C13H22N2. The Hall–Kier alpha value is -0.890. The second-order valence-electron chi connectivity index (χ2n) is 4.94. The van der Waals surface area contributed by atoms with Crippen LogP contribution in [0.15, 0.2) is 24.4 Å². The third-order valence-corrected chi connectivity index (χ3v) is 3.02. The van der Waals surface area contributed by atoms with Gasteiger partial charge in [-0.25, -0.2) is 0 Å². The summed E-state index contributed by atoms with van der Waals surface area (Å²) in [5.74, 6) is 0.878. The normalized spacial score (nSPS) is 16.1. The maximum atomic E-state index is 6.25. The summed E-state index contributed by atoms with van der Waals surface area (Å²) in [4.78, 5) is 4.43. The van der Waals surface area contributed by atoms with Gasteiger partial charge in [0.15, 0.2) is 0 Å². The molecule has 0 saturated heterocycles. The van der Waals surface area contributed by atoms with Gasteiger partial charge in [0.25, 0.3) is 0 Å². The fourth-order valence-electron chi connectivity index (χ4n) is 2.20. The molecule has 1 rings (SSSR count). The lowest BCUT2D eigenvalue weighted by atomic mass is 9.76. The lowest BCUT2D eigenvalue weighted by molar-refractivity contribution is 0.302. The molecule has 0 bridgehead atoms. The van der Waals surface area contributed by atoms with Crippen LogP contribution in [-0.4, -0.2) is 10.5 Å². The lowest BCUT2D eigenvalue weighted by Crippen LogP contribution is -2.42. The van der Waals surface area contributed by atoms with Crippen LogP contribution in [0.4, 0.5) is 0 Å². The molecule has 1 aromatic rings. The lowest BCUT2D eigenvalue weighted by Gasteiger charge is -2.34. The summed E-state index contributed by atoms with van der Waals surface area (Å²) in [5, 5.41) is 0. The van der Waals surface area contributed by atoms with Crippen molar-refractivity contribution in [3.63, 3.8) is 0 Å². The Kier molecular flexibility index (Phi) is 3.86. The number of hydrogen-bond acceptors (Lipinski definition) is 2. The van der Waals surface area contributed by atoms with Crippen molar-refractivity contribution in [1.29, 1.82) is 0 Å². The summed E-state index contributed by atoms with van der Waals surface area (Å²) in [5.41, 5.74) is 7.14. The van der Waals surface area contributed by atoms with Crippen molar-refractivity contribution in [2.45, 2.75) is 45.6 Å². The van der Waals surface area contributed by atoms with Crippen LogP contribution in [0.25, 0.3) is 0 Å². The molecule has 0 aliphatic rings. The Balaban J connectivity index is 3.02. The van der Waals surface area contributed by atoms with Gasteiger partial charge in [0.2, 0.25) is 0 Å². The molecule has 2 nitrogen and oxygen atoms in total. The van der Waals surface area contributed by atoms with Gasteiger partial charge in [-0.2, -0.15) is 0 Å². The molecule has 1 aromatic heterocycles. The van der Waals surface area contributed by atoms with E-state index in [1.165, 1.54) is 0 Å². The van der Waals surface area contributed by atoms with Crippen molar-refractivity contribution in [1.82, 2.24) is 4.98 Å². The Bertz CT molecular complexity index is 287. The van der Waals surface area contributed by atoms with Gasteiger partial charge in [0.05, 0.1) is 0 Å². The monoisotopic (exact) mass is 206 g/mol. The molecule has 0 radical (unpaired) electrons. The highest BCUT2D eigenvalue weighted by atomic mass is 14.8. The average molecular weight is 206 g/mol. The zero-order valence-electron chi connectivity index (χ0n) is 10.2. The van der Waals surface area contributed by atoms with E-state index in [1.54, 1.807) is 0 Å². The van der Waals surface area contributed by atoms with Gasteiger partial charge in [-0.15, -0.1) is 0 Å². The fourth-order valence-corrected chi connectivity index (χ4v) is 2.20. The molecule has 0 aromatic carbocycles. The molecule has 0 fully saturated rings. The predicted molar refractivity (Wildman–Crippen MR) is 64.7 cm³/mol. The summed E-state index contributed by atoms with van der Waals surface area (Å²) >= 11 is 0. The standard InChI is InChI=1S/C13H22N2/c1-5-10(2)12(13(3,4)14)11-8-6-7-9-15-11/h6-10,12H,5,14H2,1-4H3. The molecule has 2 heteroatoms. The van der Waals surface area contributed by atoms with E-state index in [0.29, 0.717) is 11.8 Å². The van der Waals surface area contributed by atoms with Crippen molar-refractivity contribution in [2.24, 2.45) is 11.7 Å². The minimum atomic E-state index is -0.218. The maximum absolute atomic E-state index is 6.25. The van der Waals surface area contributed by atoms with Gasteiger partial charge in [0, 0.05) is 23.3 Å². The number of nitrogens with zero attached hydrogens (tertiary/aromatic N) is 1. The zero-order chi connectivity index (χ0) is 11.5. The van der Waals surface area contributed by atoms with E-state index in [0.717, 1.165) is 12.1 Å². The first-order chi connectivity index (χ1) is 6.96. The van der Waals surface area contributed by atoms with Crippen LogP contribution in [0, 0.1) is 5.92 Å². The first-order valence-corrected chi connectivity index (χ1v) is 5.66. The molecule has 0 aliphatic carbocycles. The number of hydrogen-bond donors (Lipinski definition) is 1. The van der Waals surface area contributed by atoms with Crippen LogP contribution in [0.3, 0.4) is 0 Å². The average Bonchev–Trinajstić information content (AvgIpc) is 2.17. The van der Waals surface area contributed by atoms with Crippen molar-refractivity contribution in [3.05, 3.63) is 30.1 Å². The molecule has 84 valence electrons. The van der Waals surface area contributed by atoms with Gasteiger partial charge in [-0.1, -0.05) is 26.3 Å². The van der Waals surface area contributed by atoms with Crippen molar-refractivity contribution in [3.8, 4) is 0 Å². The van der Waals surface area contributed by atoms with Crippen molar-refractivity contribution in [2.75, 3.05) is 0 Å². The van der Waals surface area contributed by atoms with Gasteiger partial charge < -0.3 is 5.73 Å². The topological polar surface area (TPSA) is 38.9 Å². The SMILES string of the molecule is CCC(C)C(c1ccccn1)C(C)(C)N. The molecule has 1 heterocycles. The number of aromatic nitrogens is 1. The smallest absolute Gasteiger partial charge is 0.0455 e. The second-order valence-corrected chi connectivity index (χ2v) is 4.94. The summed E-state index contributed by atoms with van der Waals surface area (Å²) in [6.45, 7) is 8.61. The minimum absolute atomic E-state index is 0.218. The second kappa shape index (κ2) is 4.75. The molecule has 2 unspecified atom stereocenters. The molecule has 0 amide bonds. The molecule has 0 aliphatic heterocycles. The highest BCUT2D eigenvalue weighted by Crippen LogP contribution is 2.33. The molecule has 0 saturated carbocycles. The van der Waals surface area contributed by atoms with E-state index in [4.69, 9.17) is 5.73 Å². The van der Waals surface area contributed by atoms with E-state index in [9.17, 15) is 0 Å². The highest BCUT2D eigenvalue weighted by Gasteiger charge is 2.31. The number of rotatable bonds is 4. The van der Waals surface area contributed by atoms with Crippen molar-refractivity contribution >= 4 is 0 Å². The maximum Gasteiger partial charge on any atom is 0.0455 e. The van der Waals surface area contributed by atoms with Crippen LogP contribution in [-0.2, 0) is 0 Å². The first-order valence-electron chi connectivity index (χ1n) is 5.66. The van der Waals surface area contributed by atoms with E-state index < -0.39 is 0 Å². The van der Waals surface area contributed by atoms with Crippen LogP contribution >= 0.6 is 0 Å². The summed E-state index contributed by atoms with van der Waals surface area (Å²) in [7, 11) is 0. The van der Waals surface area contributed by atoms with Crippen LogP contribution in [0.1, 0.15) is 45.7 Å². The van der Waals surface area contributed by atoms with Crippen molar-refractivity contribution < 1.29 is 0 Å². The van der Waals surface area contributed by atoms with E-state index in [1.807, 2.05) is 18.3 Å². The van der Waals surface area contributed by atoms with Gasteiger partial charge in [0.1, 0.15) is 0 Å². The third kappa shape index (κ3) is 3.03. The summed E-state index contributed by atoms with van der Waals surface area (Å²) in [6, 6.07) is 6.05. The number of nitrogens with two attached hydrogens (primary N) is 1. The van der Waals surface area contributed by atoms with Crippen LogP contribution < -0.4 is 5.73 Å². The Morgan fingerprint density at radius 2 is 2.07 bits per heavy atom. The first kappa shape index (κ1) is 12.2. The Labute approximate surface area is 92.9 Å². The minimum Gasteiger partial charge on any atom is -0.325 e. The molecule has 2 atom stereocenters.